The maximum atomic E-state index is 6.18. The lowest BCUT2D eigenvalue weighted by Crippen LogP contribution is -2.31. The summed E-state index contributed by atoms with van der Waals surface area (Å²) < 4.78 is 6.18. The molecule has 4 nitrogen and oxygen atoms in total. The van der Waals surface area contributed by atoms with Crippen LogP contribution in [-0.2, 0) is 0 Å². The predicted octanol–water partition coefficient (Wildman–Crippen LogP) is 4.77. The van der Waals surface area contributed by atoms with Crippen LogP contribution in [0.1, 0.15) is 38.8 Å². The van der Waals surface area contributed by atoms with Crippen LogP contribution in [0.2, 0.25) is 0 Å². The number of benzene rings is 2. The second kappa shape index (κ2) is 5.45. The topological polar surface area (TPSA) is 50.4 Å². The van der Waals surface area contributed by atoms with Crippen LogP contribution in [0.3, 0.4) is 0 Å². The molecule has 25 heavy (non-hydrogen) atoms. The Bertz CT molecular complexity index is 1060. The first-order chi connectivity index (χ1) is 11.9. The van der Waals surface area contributed by atoms with E-state index < -0.39 is 0 Å². The molecule has 0 saturated carbocycles. The van der Waals surface area contributed by atoms with Gasteiger partial charge in [0.05, 0.1) is 10.9 Å². The summed E-state index contributed by atoms with van der Waals surface area (Å²) in [6.07, 6.45) is 2.25. The van der Waals surface area contributed by atoms with Gasteiger partial charge in [-0.2, -0.15) is 0 Å². The van der Waals surface area contributed by atoms with Crippen molar-refractivity contribution in [2.24, 2.45) is 4.99 Å². The molecule has 0 amide bonds. The van der Waals surface area contributed by atoms with Gasteiger partial charge in [0.25, 0.3) is 0 Å². The summed E-state index contributed by atoms with van der Waals surface area (Å²) in [5.74, 6) is 0.771. The minimum absolute atomic E-state index is 0.0701. The lowest BCUT2D eigenvalue weighted by Gasteiger charge is -2.31. The highest BCUT2D eigenvalue weighted by Gasteiger charge is 2.23. The van der Waals surface area contributed by atoms with Crippen LogP contribution in [0, 0.1) is 6.92 Å². The summed E-state index contributed by atoms with van der Waals surface area (Å²) in [5, 5.41) is 4.53. The highest BCUT2D eigenvalue weighted by atomic mass is 16.3. The molecular formula is C21H23N3O. The molecule has 0 spiro atoms. The average molecular weight is 333 g/mol. The monoisotopic (exact) mass is 333 g/mol. The minimum Gasteiger partial charge on any atom is -0.453 e. The third kappa shape index (κ3) is 2.72. The molecule has 0 radical (unpaired) electrons. The summed E-state index contributed by atoms with van der Waals surface area (Å²) in [6, 6.07) is 8.21. The predicted molar refractivity (Wildman–Crippen MR) is 103 cm³/mol. The molecule has 1 N–H and O–H groups in total. The molecule has 0 fully saturated rings. The number of anilines is 1. The van der Waals surface area contributed by atoms with E-state index in [9.17, 15) is 0 Å². The maximum Gasteiger partial charge on any atom is 0.155 e. The van der Waals surface area contributed by atoms with Crippen LogP contribution in [0.25, 0.3) is 28.1 Å². The summed E-state index contributed by atoms with van der Waals surface area (Å²) in [4.78, 5) is 9.36. The fourth-order valence-corrected chi connectivity index (χ4v) is 3.59. The van der Waals surface area contributed by atoms with Gasteiger partial charge in [-0.3, -0.25) is 4.99 Å². The molecule has 2 aliphatic heterocycles. The Hall–Kier alpha value is -2.62. The number of aromatic nitrogens is 1. The van der Waals surface area contributed by atoms with Crippen molar-refractivity contribution in [2.75, 3.05) is 11.9 Å². The molecule has 0 atom stereocenters. The van der Waals surface area contributed by atoms with E-state index in [-0.39, 0.29) is 5.54 Å². The molecule has 4 rings (SSSR count). The van der Waals surface area contributed by atoms with Crippen LogP contribution in [-0.4, -0.2) is 17.1 Å². The molecular weight excluding hydrogens is 310 g/mol. The minimum atomic E-state index is -0.0701. The standard InChI is InChI=1S/C21H23N3O/c1-6-22-15-9-19-17(7-12(15)2)23-18-8-14-13(3)11-21(4,5)24-16(14)10-20(18)25-19/h7-11,24H,6H2,1-5H3. The van der Waals surface area contributed by atoms with Crippen LogP contribution in [0.5, 0.6) is 0 Å². The zero-order valence-corrected chi connectivity index (χ0v) is 15.4. The molecule has 4 heteroatoms. The number of hydrogen-bond acceptors (Lipinski definition) is 4. The largest absolute Gasteiger partial charge is 0.453 e. The van der Waals surface area contributed by atoms with Gasteiger partial charge in [-0.1, -0.05) is 6.08 Å². The van der Waals surface area contributed by atoms with Crippen molar-refractivity contribution in [1.82, 2.24) is 4.98 Å². The molecule has 0 saturated heterocycles. The lowest BCUT2D eigenvalue weighted by molar-refractivity contribution is 0.611. The Labute approximate surface area is 147 Å². The number of hydrogen-bond donors (Lipinski definition) is 1. The second-order valence-corrected chi connectivity index (χ2v) is 7.33. The van der Waals surface area contributed by atoms with Gasteiger partial charge in [0.2, 0.25) is 0 Å². The van der Waals surface area contributed by atoms with Gasteiger partial charge in [-0.25, -0.2) is 4.98 Å². The summed E-state index contributed by atoms with van der Waals surface area (Å²) in [6.45, 7) is 11.3. The van der Waals surface area contributed by atoms with E-state index in [0.29, 0.717) is 0 Å². The summed E-state index contributed by atoms with van der Waals surface area (Å²) in [5.41, 5.74) is 7.11. The number of allylic oxidation sites excluding steroid dienone is 1. The van der Waals surface area contributed by atoms with Crippen molar-refractivity contribution in [1.29, 1.82) is 0 Å². The van der Waals surface area contributed by atoms with Crippen molar-refractivity contribution in [2.45, 2.75) is 40.2 Å². The van der Waals surface area contributed by atoms with E-state index in [1.165, 1.54) is 11.1 Å². The SMILES string of the molecule is CCN=c1cc2oc3cc4c(cc3nc-2cc1C)C(C)=CC(C)(C)N4. The average Bonchev–Trinajstić information content (AvgIpc) is 2.52. The number of fused-ring (bicyclic) bond motifs is 3. The van der Waals surface area contributed by atoms with E-state index in [2.05, 4.69) is 62.3 Å². The van der Waals surface area contributed by atoms with Crippen molar-refractivity contribution in [3.8, 4) is 11.5 Å². The molecule has 0 aromatic heterocycles. The van der Waals surface area contributed by atoms with Gasteiger partial charge < -0.3 is 9.73 Å². The van der Waals surface area contributed by atoms with Crippen molar-refractivity contribution in [3.63, 3.8) is 0 Å². The summed E-state index contributed by atoms with van der Waals surface area (Å²) >= 11 is 0. The molecule has 2 heterocycles. The Morgan fingerprint density at radius 1 is 1.16 bits per heavy atom. The molecule has 0 bridgehead atoms. The van der Waals surface area contributed by atoms with E-state index in [1.807, 2.05) is 13.0 Å². The molecule has 1 aromatic carbocycles. The second-order valence-electron chi connectivity index (χ2n) is 7.33. The zero-order chi connectivity index (χ0) is 17.8. The Morgan fingerprint density at radius 3 is 2.72 bits per heavy atom. The fraction of sp³-hybridized carbons (Fsp3) is 0.333. The summed E-state index contributed by atoms with van der Waals surface area (Å²) in [7, 11) is 0. The smallest absolute Gasteiger partial charge is 0.155 e. The Kier molecular flexibility index (Phi) is 3.46. The van der Waals surface area contributed by atoms with Gasteiger partial charge in [-0.15, -0.1) is 0 Å². The number of rotatable bonds is 1. The van der Waals surface area contributed by atoms with Crippen molar-refractivity contribution < 1.29 is 4.42 Å². The van der Waals surface area contributed by atoms with Gasteiger partial charge >= 0.3 is 0 Å². The molecule has 0 unspecified atom stereocenters. The van der Waals surface area contributed by atoms with E-state index >= 15 is 0 Å². The van der Waals surface area contributed by atoms with E-state index in [4.69, 9.17) is 9.40 Å². The number of nitrogens with zero attached hydrogens (tertiary/aromatic N) is 2. The highest BCUT2D eigenvalue weighted by Crippen LogP contribution is 2.37. The van der Waals surface area contributed by atoms with E-state index in [1.54, 1.807) is 0 Å². The van der Waals surface area contributed by atoms with Gasteiger partial charge in [0, 0.05) is 29.9 Å². The quantitative estimate of drug-likeness (QED) is 0.653. The van der Waals surface area contributed by atoms with Gasteiger partial charge in [0.1, 0.15) is 11.2 Å². The lowest BCUT2D eigenvalue weighted by atomic mass is 9.91. The first-order valence-corrected chi connectivity index (χ1v) is 8.74. The van der Waals surface area contributed by atoms with Crippen molar-refractivity contribution >= 4 is 22.4 Å². The Morgan fingerprint density at radius 2 is 1.96 bits per heavy atom. The molecule has 3 aliphatic rings. The number of nitrogens with one attached hydrogen (secondary N) is 1. The normalized spacial score (nSPS) is 16.7. The van der Waals surface area contributed by atoms with Crippen LogP contribution in [0.15, 0.2) is 39.8 Å². The van der Waals surface area contributed by atoms with Crippen molar-refractivity contribution in [3.05, 3.63) is 46.8 Å². The molecule has 1 aliphatic carbocycles. The van der Waals surface area contributed by atoms with Crippen LogP contribution >= 0.6 is 0 Å². The fourth-order valence-electron chi connectivity index (χ4n) is 3.59. The van der Waals surface area contributed by atoms with Crippen LogP contribution < -0.4 is 10.7 Å². The highest BCUT2D eigenvalue weighted by molar-refractivity contribution is 5.90. The maximum absolute atomic E-state index is 6.18. The van der Waals surface area contributed by atoms with Gasteiger partial charge in [0.15, 0.2) is 11.3 Å². The molecule has 128 valence electrons. The zero-order valence-electron chi connectivity index (χ0n) is 15.4. The first-order valence-electron chi connectivity index (χ1n) is 8.74. The van der Waals surface area contributed by atoms with E-state index in [0.717, 1.165) is 45.7 Å². The molecule has 1 aromatic rings. The third-order valence-corrected chi connectivity index (χ3v) is 4.62. The Balaban J connectivity index is 1.99. The third-order valence-electron chi connectivity index (χ3n) is 4.62. The first kappa shape index (κ1) is 15.9. The van der Waals surface area contributed by atoms with Crippen LogP contribution in [0.4, 0.5) is 5.69 Å². The van der Waals surface area contributed by atoms with Gasteiger partial charge in [-0.05, 0) is 57.9 Å². The number of aryl methyl sites for hydroxylation is 1.